The van der Waals surface area contributed by atoms with Crippen molar-refractivity contribution in [3.05, 3.63) is 18.2 Å². The number of hydrogen-bond donors (Lipinski definition) is 1. The van der Waals surface area contributed by atoms with Gasteiger partial charge in [0, 0.05) is 6.54 Å². The predicted molar refractivity (Wildman–Crippen MR) is 76.5 cm³/mol. The maximum Gasteiger partial charge on any atom is 0.318 e. The average Bonchev–Trinajstić information content (AvgIpc) is 3.11. The monoisotopic (exact) mass is 327 g/mol. The Morgan fingerprint density at radius 1 is 1.38 bits per heavy atom. The van der Waals surface area contributed by atoms with Gasteiger partial charge in [0.15, 0.2) is 0 Å². The second-order valence-corrected chi connectivity index (χ2v) is 7.46. The molecule has 7 nitrogen and oxygen atoms in total. The molecule has 1 fully saturated rings. The largest absolute Gasteiger partial charge is 0.480 e. The van der Waals surface area contributed by atoms with Gasteiger partial charge in [-0.25, -0.2) is 8.42 Å². The lowest BCUT2D eigenvalue weighted by molar-refractivity contribution is -0.137. The van der Waals surface area contributed by atoms with Gasteiger partial charge < -0.3 is 5.11 Å². The van der Waals surface area contributed by atoms with Crippen molar-refractivity contribution < 1.29 is 18.3 Å². The molecule has 0 saturated heterocycles. The highest BCUT2D eigenvalue weighted by Crippen LogP contribution is 2.32. The topological polar surface area (TPSA) is 100 Å². The van der Waals surface area contributed by atoms with Crippen LogP contribution in [-0.2, 0) is 14.8 Å². The third-order valence-electron chi connectivity index (χ3n) is 3.34. The first kappa shape index (κ1) is 14.4. The number of fused-ring (bicyclic) bond motifs is 1. The molecule has 1 N–H and O–H groups in total. The van der Waals surface area contributed by atoms with E-state index in [0.29, 0.717) is 11.0 Å². The van der Waals surface area contributed by atoms with Crippen LogP contribution < -0.4 is 0 Å². The normalized spacial score (nSPS) is 15.7. The summed E-state index contributed by atoms with van der Waals surface area (Å²) in [5.41, 5.74) is 0.802. The summed E-state index contributed by atoms with van der Waals surface area (Å²) in [5.74, 6) is -0.908. The molecular weight excluding hydrogens is 314 g/mol. The van der Waals surface area contributed by atoms with E-state index in [1.165, 1.54) is 6.07 Å². The van der Waals surface area contributed by atoms with E-state index >= 15 is 0 Å². The van der Waals surface area contributed by atoms with Crippen molar-refractivity contribution in [3.63, 3.8) is 0 Å². The molecule has 0 bridgehead atoms. The van der Waals surface area contributed by atoms with Crippen molar-refractivity contribution in [3.8, 4) is 0 Å². The van der Waals surface area contributed by atoms with Crippen LogP contribution >= 0.6 is 11.7 Å². The number of nitrogens with zero attached hydrogens (tertiary/aromatic N) is 3. The van der Waals surface area contributed by atoms with Crippen molar-refractivity contribution in [2.24, 2.45) is 5.92 Å². The van der Waals surface area contributed by atoms with Crippen molar-refractivity contribution in [2.45, 2.75) is 17.7 Å². The molecule has 1 aromatic heterocycles. The van der Waals surface area contributed by atoms with Gasteiger partial charge in [-0.3, -0.25) is 4.79 Å². The van der Waals surface area contributed by atoms with E-state index in [9.17, 15) is 13.2 Å². The van der Waals surface area contributed by atoms with Crippen LogP contribution in [0.4, 0.5) is 0 Å². The molecule has 21 heavy (non-hydrogen) atoms. The summed E-state index contributed by atoms with van der Waals surface area (Å²) in [5, 5.41) is 8.97. The van der Waals surface area contributed by atoms with E-state index in [-0.39, 0.29) is 17.4 Å². The van der Waals surface area contributed by atoms with Gasteiger partial charge >= 0.3 is 5.97 Å². The fourth-order valence-electron chi connectivity index (χ4n) is 2.12. The quantitative estimate of drug-likeness (QED) is 0.855. The Bertz CT molecular complexity index is 783. The van der Waals surface area contributed by atoms with E-state index in [0.717, 1.165) is 28.9 Å². The Morgan fingerprint density at radius 3 is 2.81 bits per heavy atom. The van der Waals surface area contributed by atoms with Gasteiger partial charge in [-0.2, -0.15) is 13.1 Å². The number of carboxylic acid groups (broad SMARTS) is 1. The number of sulfonamides is 1. The molecule has 1 aliphatic carbocycles. The molecule has 1 aromatic carbocycles. The lowest BCUT2D eigenvalue weighted by Gasteiger charge is -2.20. The summed E-state index contributed by atoms with van der Waals surface area (Å²) in [6.07, 6.45) is 1.88. The smallest absolute Gasteiger partial charge is 0.318 e. The van der Waals surface area contributed by atoms with Crippen molar-refractivity contribution >= 4 is 38.8 Å². The fraction of sp³-hybridized carbons (Fsp3) is 0.417. The van der Waals surface area contributed by atoms with Gasteiger partial charge in [0.2, 0.25) is 10.0 Å². The summed E-state index contributed by atoms with van der Waals surface area (Å²) in [7, 11) is -3.89. The number of carbonyl (C=O) groups is 1. The lowest BCUT2D eigenvalue weighted by atomic mass is 10.3. The Labute approximate surface area is 125 Å². The third-order valence-corrected chi connectivity index (χ3v) is 5.72. The van der Waals surface area contributed by atoms with Crippen molar-refractivity contribution in [2.75, 3.05) is 13.1 Å². The Morgan fingerprint density at radius 2 is 2.14 bits per heavy atom. The van der Waals surface area contributed by atoms with Gasteiger partial charge in [-0.1, -0.05) is 6.07 Å². The van der Waals surface area contributed by atoms with Gasteiger partial charge in [0.05, 0.1) is 11.7 Å². The van der Waals surface area contributed by atoms with E-state index in [2.05, 4.69) is 8.75 Å². The molecule has 3 rings (SSSR count). The molecule has 0 spiro atoms. The lowest BCUT2D eigenvalue weighted by Crippen LogP contribution is -2.37. The zero-order valence-corrected chi connectivity index (χ0v) is 12.6. The van der Waals surface area contributed by atoms with Crippen molar-refractivity contribution in [1.29, 1.82) is 0 Å². The third kappa shape index (κ3) is 2.89. The molecule has 0 aliphatic heterocycles. The number of aromatic nitrogens is 2. The van der Waals surface area contributed by atoms with Crippen LogP contribution in [0.2, 0.25) is 0 Å². The van der Waals surface area contributed by atoms with E-state index in [1.54, 1.807) is 12.1 Å². The van der Waals surface area contributed by atoms with Crippen LogP contribution in [0.5, 0.6) is 0 Å². The maximum absolute atomic E-state index is 12.7. The molecule has 112 valence electrons. The van der Waals surface area contributed by atoms with Gasteiger partial charge in [0.25, 0.3) is 0 Å². The Balaban J connectivity index is 2.03. The van der Waals surface area contributed by atoms with Gasteiger partial charge in [-0.05, 0) is 30.9 Å². The van der Waals surface area contributed by atoms with Crippen LogP contribution in [0.25, 0.3) is 11.0 Å². The second-order valence-electron chi connectivity index (χ2n) is 5.02. The molecule has 0 amide bonds. The number of benzene rings is 1. The number of rotatable bonds is 6. The average molecular weight is 327 g/mol. The minimum Gasteiger partial charge on any atom is -0.480 e. The Hall–Kier alpha value is -1.58. The minimum atomic E-state index is -3.89. The van der Waals surface area contributed by atoms with E-state index in [4.69, 9.17) is 5.11 Å². The molecular formula is C12H13N3O4S2. The number of carboxylic acids is 1. The summed E-state index contributed by atoms with van der Waals surface area (Å²) in [6, 6.07) is 4.72. The number of aliphatic carboxylic acids is 1. The van der Waals surface area contributed by atoms with E-state index < -0.39 is 22.5 Å². The van der Waals surface area contributed by atoms with Crippen LogP contribution in [0.15, 0.2) is 23.1 Å². The molecule has 1 aliphatic rings. The molecule has 0 radical (unpaired) electrons. The minimum absolute atomic E-state index is 0.0238. The number of hydrogen-bond acceptors (Lipinski definition) is 6. The molecule has 1 heterocycles. The molecule has 2 aromatic rings. The summed E-state index contributed by atoms with van der Waals surface area (Å²) in [6.45, 7) is -0.296. The summed E-state index contributed by atoms with van der Waals surface area (Å²) in [4.78, 5) is 11.0. The van der Waals surface area contributed by atoms with Crippen LogP contribution in [0.3, 0.4) is 0 Å². The van der Waals surface area contributed by atoms with E-state index in [1.807, 2.05) is 0 Å². The van der Waals surface area contributed by atoms with Crippen LogP contribution in [0.1, 0.15) is 12.8 Å². The second kappa shape index (κ2) is 5.32. The first-order valence-electron chi connectivity index (χ1n) is 6.41. The molecule has 0 unspecified atom stereocenters. The highest BCUT2D eigenvalue weighted by atomic mass is 32.2. The maximum atomic E-state index is 12.7. The summed E-state index contributed by atoms with van der Waals surface area (Å²) < 4.78 is 34.6. The first-order valence-corrected chi connectivity index (χ1v) is 8.59. The first-order chi connectivity index (χ1) is 9.98. The van der Waals surface area contributed by atoms with Gasteiger partial charge in [0.1, 0.15) is 22.5 Å². The fourth-order valence-corrected chi connectivity index (χ4v) is 4.33. The Kier molecular flexibility index (Phi) is 3.64. The highest BCUT2D eigenvalue weighted by molar-refractivity contribution is 7.89. The molecule has 1 saturated carbocycles. The summed E-state index contributed by atoms with van der Waals surface area (Å²) >= 11 is 0.936. The molecule has 9 heteroatoms. The standard InChI is InChI=1S/C12H13N3O4S2/c16-11(17)7-15(6-8-4-5-8)21(18,19)10-3-1-2-9-12(10)14-20-13-9/h1-3,8H,4-7H2,(H,16,17). The zero-order valence-electron chi connectivity index (χ0n) is 11.0. The van der Waals surface area contributed by atoms with Crippen molar-refractivity contribution in [1.82, 2.24) is 13.1 Å². The zero-order chi connectivity index (χ0) is 15.0. The van der Waals surface area contributed by atoms with Crippen LogP contribution in [0, 0.1) is 5.92 Å². The van der Waals surface area contributed by atoms with Crippen LogP contribution in [-0.4, -0.2) is 45.6 Å². The predicted octanol–water partition coefficient (Wildman–Crippen LogP) is 1.18. The SMILES string of the molecule is O=C(O)CN(CC1CC1)S(=O)(=O)c1cccc2nsnc12. The highest BCUT2D eigenvalue weighted by Gasteiger charge is 2.34. The van der Waals surface area contributed by atoms with Gasteiger partial charge in [-0.15, -0.1) is 0 Å². The molecule has 0 atom stereocenters.